The van der Waals surface area contributed by atoms with Gasteiger partial charge in [0.05, 0.1) is 39.3 Å². The van der Waals surface area contributed by atoms with Crippen LogP contribution in [0.3, 0.4) is 0 Å². The van der Waals surface area contributed by atoms with Gasteiger partial charge in [0, 0.05) is 5.57 Å². The molecule has 2 N–H and O–H groups in total. The molecule has 1 aliphatic heterocycles. The van der Waals surface area contributed by atoms with E-state index in [1.807, 2.05) is 30.3 Å². The summed E-state index contributed by atoms with van der Waals surface area (Å²) < 4.78 is 5.22. The number of nitrogens with zero attached hydrogens (tertiary/aromatic N) is 1. The van der Waals surface area contributed by atoms with Crippen molar-refractivity contribution in [2.75, 3.05) is 33.3 Å². The molecule has 2 aromatic carbocycles. The minimum atomic E-state index is -0.845. The van der Waals surface area contributed by atoms with Gasteiger partial charge in [0.15, 0.2) is 17.3 Å². The summed E-state index contributed by atoms with van der Waals surface area (Å²) in [5, 5.41) is 23.0. The maximum Gasteiger partial charge on any atom is 0.240 e. The van der Waals surface area contributed by atoms with Crippen molar-refractivity contribution in [3.8, 4) is 11.5 Å². The quantitative estimate of drug-likeness (QED) is 0.529. The average molecular weight is 451 g/mol. The molecular formula is C26H30N2O5. The number of aromatic hydroxyl groups is 1. The molecule has 0 spiro atoms. The lowest BCUT2D eigenvalue weighted by molar-refractivity contribution is -0.895. The van der Waals surface area contributed by atoms with Gasteiger partial charge in [-0.3, -0.25) is 9.59 Å². The molecule has 1 atom stereocenters. The maximum atomic E-state index is 13.2. The molecule has 0 aliphatic carbocycles. The molecular weight excluding hydrogens is 420 g/mol. The molecule has 1 amide bonds. The highest BCUT2D eigenvalue weighted by molar-refractivity contribution is 6.14. The topological polar surface area (TPSA) is 94.3 Å². The molecule has 0 bridgehead atoms. The van der Waals surface area contributed by atoms with Gasteiger partial charge in [0.25, 0.3) is 0 Å². The van der Waals surface area contributed by atoms with Crippen molar-refractivity contribution in [2.24, 2.45) is 0 Å². The zero-order valence-electron chi connectivity index (χ0n) is 19.2. The van der Waals surface area contributed by atoms with Crippen LogP contribution in [0.1, 0.15) is 31.0 Å². The van der Waals surface area contributed by atoms with Crippen molar-refractivity contribution in [2.45, 2.75) is 19.9 Å². The molecule has 2 aromatic rings. The van der Waals surface area contributed by atoms with Gasteiger partial charge in [-0.25, -0.2) is 0 Å². The van der Waals surface area contributed by atoms with Crippen LogP contribution in [0.15, 0.2) is 65.9 Å². The van der Waals surface area contributed by atoms with Crippen LogP contribution in [0.5, 0.6) is 11.5 Å². The minimum Gasteiger partial charge on any atom is -0.868 e. The summed E-state index contributed by atoms with van der Waals surface area (Å²) in [6.45, 7) is 6.88. The Morgan fingerprint density at radius 2 is 1.88 bits per heavy atom. The van der Waals surface area contributed by atoms with Crippen LogP contribution >= 0.6 is 0 Å². The Balaban J connectivity index is 2.00. The molecule has 0 saturated heterocycles. The van der Waals surface area contributed by atoms with Crippen LogP contribution in [-0.2, 0) is 9.59 Å². The highest BCUT2D eigenvalue weighted by Gasteiger charge is 2.39. The molecule has 0 fully saturated rings. The Morgan fingerprint density at radius 3 is 2.52 bits per heavy atom. The molecule has 174 valence electrons. The predicted octanol–water partition coefficient (Wildman–Crippen LogP) is 1.11. The van der Waals surface area contributed by atoms with E-state index in [1.54, 1.807) is 18.2 Å². The number of phenols is 1. The van der Waals surface area contributed by atoms with Crippen LogP contribution in [0, 0.1) is 0 Å². The number of carbonyl (C=O) groups excluding carboxylic acids is 2. The zero-order chi connectivity index (χ0) is 24.0. The lowest BCUT2D eigenvalue weighted by Gasteiger charge is -2.29. The van der Waals surface area contributed by atoms with E-state index >= 15 is 0 Å². The van der Waals surface area contributed by atoms with Gasteiger partial charge in [-0.15, -0.1) is 0 Å². The SMILES string of the molecule is CC[NH+](CC)CCN1C(=O)C([O-])=C(C(=O)C=Cc2ccccc2)C1c1ccc(O)c(OC)c1. The number of methoxy groups -OCH3 is 1. The highest BCUT2D eigenvalue weighted by Crippen LogP contribution is 2.39. The molecule has 0 saturated carbocycles. The second-order valence-electron chi connectivity index (χ2n) is 7.89. The summed E-state index contributed by atoms with van der Waals surface area (Å²) in [5.41, 5.74) is 1.26. The Morgan fingerprint density at radius 1 is 1.18 bits per heavy atom. The van der Waals surface area contributed by atoms with Crippen LogP contribution < -0.4 is 14.7 Å². The summed E-state index contributed by atoms with van der Waals surface area (Å²) in [6, 6.07) is 13.0. The van der Waals surface area contributed by atoms with Crippen LogP contribution in [0.2, 0.25) is 0 Å². The fraction of sp³-hybridized carbons (Fsp3) is 0.308. The third-order valence-corrected chi connectivity index (χ3v) is 6.00. The smallest absolute Gasteiger partial charge is 0.240 e. The molecule has 0 radical (unpaired) electrons. The number of rotatable bonds is 10. The van der Waals surface area contributed by atoms with E-state index in [4.69, 9.17) is 4.74 Å². The first-order chi connectivity index (χ1) is 15.9. The second kappa shape index (κ2) is 10.8. The van der Waals surface area contributed by atoms with E-state index in [-0.39, 0.29) is 17.1 Å². The van der Waals surface area contributed by atoms with E-state index in [1.165, 1.54) is 29.1 Å². The first kappa shape index (κ1) is 24.1. The number of hydrogen-bond acceptors (Lipinski definition) is 5. The van der Waals surface area contributed by atoms with Crippen LogP contribution in [-0.4, -0.2) is 55.0 Å². The number of hydrogen-bond donors (Lipinski definition) is 2. The maximum absolute atomic E-state index is 13.2. The van der Waals surface area contributed by atoms with Crippen molar-refractivity contribution < 1.29 is 29.4 Å². The second-order valence-corrected chi connectivity index (χ2v) is 7.89. The standard InChI is InChI=1S/C26H30N2O5/c1-4-27(5-2)15-16-28-24(19-12-14-20(29)22(17-19)33-3)23(25(31)26(28)32)21(30)13-11-18-9-7-6-8-10-18/h6-14,17,24,29,31H,4-5,15-16H2,1-3H3. The van der Waals surface area contributed by atoms with Crippen molar-refractivity contribution in [3.05, 3.63) is 77.1 Å². The normalized spacial score (nSPS) is 16.3. The number of likely N-dealkylation sites (N-methyl/N-ethyl adjacent to an activating group) is 1. The third-order valence-electron chi connectivity index (χ3n) is 6.00. The molecule has 7 heteroatoms. The van der Waals surface area contributed by atoms with Crippen LogP contribution in [0.4, 0.5) is 0 Å². The fourth-order valence-electron chi connectivity index (χ4n) is 4.04. The average Bonchev–Trinajstić information content (AvgIpc) is 3.09. The number of quaternary nitrogens is 1. The number of amides is 1. The lowest BCUT2D eigenvalue weighted by Crippen LogP contribution is -3.12. The number of benzene rings is 2. The number of allylic oxidation sites excluding steroid dienone is 1. The summed E-state index contributed by atoms with van der Waals surface area (Å²) in [5.74, 6) is -1.83. The van der Waals surface area contributed by atoms with Gasteiger partial charge in [-0.2, -0.15) is 0 Å². The summed E-state index contributed by atoms with van der Waals surface area (Å²) in [7, 11) is 1.42. The Hall–Kier alpha value is -3.58. The van der Waals surface area contributed by atoms with E-state index < -0.39 is 23.5 Å². The third kappa shape index (κ3) is 5.26. The molecule has 1 unspecified atom stereocenters. The first-order valence-corrected chi connectivity index (χ1v) is 11.1. The Bertz CT molecular complexity index is 1060. The highest BCUT2D eigenvalue weighted by atomic mass is 16.5. The summed E-state index contributed by atoms with van der Waals surface area (Å²) in [4.78, 5) is 28.9. The molecule has 3 rings (SSSR count). The molecule has 1 heterocycles. The van der Waals surface area contributed by atoms with E-state index in [9.17, 15) is 19.8 Å². The number of carbonyl (C=O) groups is 2. The summed E-state index contributed by atoms with van der Waals surface area (Å²) in [6.07, 6.45) is 2.96. The van der Waals surface area contributed by atoms with Gasteiger partial charge in [0.2, 0.25) is 5.91 Å². The van der Waals surface area contributed by atoms with Gasteiger partial charge >= 0.3 is 0 Å². The monoisotopic (exact) mass is 450 g/mol. The predicted molar refractivity (Wildman–Crippen MR) is 124 cm³/mol. The lowest BCUT2D eigenvalue weighted by atomic mass is 9.95. The van der Waals surface area contributed by atoms with E-state index in [2.05, 4.69) is 13.8 Å². The largest absolute Gasteiger partial charge is 0.868 e. The number of nitrogens with one attached hydrogen (secondary N) is 1. The van der Waals surface area contributed by atoms with Crippen molar-refractivity contribution >= 4 is 17.8 Å². The Labute approximate surface area is 194 Å². The Kier molecular flexibility index (Phi) is 7.90. The number of ether oxygens (including phenoxy) is 1. The van der Waals surface area contributed by atoms with Crippen LogP contribution in [0.25, 0.3) is 6.08 Å². The summed E-state index contributed by atoms with van der Waals surface area (Å²) >= 11 is 0. The molecule has 0 aromatic heterocycles. The van der Waals surface area contributed by atoms with Gasteiger partial charge < -0.3 is 24.7 Å². The number of ketones is 1. The van der Waals surface area contributed by atoms with Crippen molar-refractivity contribution in [1.29, 1.82) is 0 Å². The zero-order valence-corrected chi connectivity index (χ0v) is 19.2. The first-order valence-electron chi connectivity index (χ1n) is 11.1. The molecule has 33 heavy (non-hydrogen) atoms. The van der Waals surface area contributed by atoms with Gasteiger partial charge in [0.1, 0.15) is 0 Å². The van der Waals surface area contributed by atoms with Gasteiger partial charge in [-0.05, 0) is 48.9 Å². The minimum absolute atomic E-state index is 0.0621. The van der Waals surface area contributed by atoms with E-state index in [0.29, 0.717) is 18.7 Å². The van der Waals surface area contributed by atoms with E-state index in [0.717, 1.165) is 18.7 Å². The molecule has 7 nitrogen and oxygen atoms in total. The number of phenolic OH excluding ortho intramolecular Hbond substituents is 1. The van der Waals surface area contributed by atoms with Crippen molar-refractivity contribution in [3.63, 3.8) is 0 Å². The molecule has 1 aliphatic rings. The fourth-order valence-corrected chi connectivity index (χ4v) is 4.04. The van der Waals surface area contributed by atoms with Crippen molar-refractivity contribution in [1.82, 2.24) is 4.90 Å². The van der Waals surface area contributed by atoms with Gasteiger partial charge in [-0.1, -0.05) is 42.5 Å².